The Kier molecular flexibility index (Phi) is 15.6. The molecule has 0 N–H and O–H groups in total. The van der Waals surface area contributed by atoms with Crippen molar-refractivity contribution in [3.8, 4) is 0 Å². The fourth-order valence-electron chi connectivity index (χ4n) is 2.78. The van der Waals surface area contributed by atoms with Crippen LogP contribution >= 0.6 is 0 Å². The SMILES string of the molecule is C=CCC.CCCCCC(C)(C)CCCC(C)(CCC)OC. The van der Waals surface area contributed by atoms with Gasteiger partial charge in [-0.05, 0) is 44.4 Å². The van der Waals surface area contributed by atoms with Crippen LogP contribution in [0.1, 0.15) is 106 Å². The van der Waals surface area contributed by atoms with Gasteiger partial charge in [0.1, 0.15) is 0 Å². The molecule has 0 amide bonds. The van der Waals surface area contributed by atoms with Crippen LogP contribution in [0, 0.1) is 5.41 Å². The highest BCUT2D eigenvalue weighted by molar-refractivity contribution is 4.76. The number of ether oxygens (including phenoxy) is 1. The van der Waals surface area contributed by atoms with Gasteiger partial charge >= 0.3 is 0 Å². The summed E-state index contributed by atoms with van der Waals surface area (Å²) >= 11 is 0. The minimum absolute atomic E-state index is 0.105. The van der Waals surface area contributed by atoms with E-state index in [1.54, 1.807) is 0 Å². The fraction of sp³-hybridized carbons (Fsp3) is 0.905. The second kappa shape index (κ2) is 14.3. The van der Waals surface area contributed by atoms with E-state index in [0.717, 1.165) is 6.42 Å². The van der Waals surface area contributed by atoms with Gasteiger partial charge in [0.25, 0.3) is 0 Å². The zero-order valence-electron chi connectivity index (χ0n) is 16.8. The van der Waals surface area contributed by atoms with E-state index in [0.29, 0.717) is 5.41 Å². The summed E-state index contributed by atoms with van der Waals surface area (Å²) < 4.78 is 5.69. The molecule has 0 aromatic rings. The second-order valence-electron chi connectivity index (χ2n) is 7.58. The summed E-state index contributed by atoms with van der Waals surface area (Å²) in [7, 11) is 1.86. The largest absolute Gasteiger partial charge is 0.379 e. The monoisotopic (exact) mass is 312 g/mol. The smallest absolute Gasteiger partial charge is 0.0650 e. The van der Waals surface area contributed by atoms with Crippen LogP contribution in [0.2, 0.25) is 0 Å². The third kappa shape index (κ3) is 14.6. The van der Waals surface area contributed by atoms with Crippen molar-refractivity contribution in [2.45, 2.75) is 111 Å². The molecule has 0 aliphatic carbocycles. The highest BCUT2D eigenvalue weighted by atomic mass is 16.5. The third-order valence-electron chi connectivity index (χ3n) is 4.58. The summed E-state index contributed by atoms with van der Waals surface area (Å²) in [5.41, 5.74) is 0.615. The van der Waals surface area contributed by atoms with E-state index in [4.69, 9.17) is 4.74 Å². The lowest BCUT2D eigenvalue weighted by Crippen LogP contribution is -2.27. The Morgan fingerprint density at radius 1 is 0.818 bits per heavy atom. The normalized spacial score (nSPS) is 14.0. The first kappa shape index (κ1) is 24.0. The zero-order chi connectivity index (χ0) is 17.5. The van der Waals surface area contributed by atoms with Gasteiger partial charge in [-0.3, -0.25) is 0 Å². The molecule has 0 aliphatic heterocycles. The summed E-state index contributed by atoms with van der Waals surface area (Å²) in [5, 5.41) is 0. The van der Waals surface area contributed by atoms with Gasteiger partial charge in [-0.2, -0.15) is 0 Å². The summed E-state index contributed by atoms with van der Waals surface area (Å²) in [5.74, 6) is 0. The molecule has 22 heavy (non-hydrogen) atoms. The topological polar surface area (TPSA) is 9.23 Å². The van der Waals surface area contributed by atoms with Crippen LogP contribution in [0.5, 0.6) is 0 Å². The van der Waals surface area contributed by atoms with Gasteiger partial charge in [0.15, 0.2) is 0 Å². The predicted molar refractivity (Wildman–Crippen MR) is 103 cm³/mol. The molecule has 134 valence electrons. The Morgan fingerprint density at radius 2 is 1.36 bits per heavy atom. The van der Waals surface area contributed by atoms with Crippen LogP contribution in [0.3, 0.4) is 0 Å². The van der Waals surface area contributed by atoms with Gasteiger partial charge in [0.05, 0.1) is 5.60 Å². The van der Waals surface area contributed by atoms with E-state index < -0.39 is 0 Å². The molecule has 0 saturated heterocycles. The lowest BCUT2D eigenvalue weighted by Gasteiger charge is -2.30. The molecule has 0 bridgehead atoms. The average Bonchev–Trinajstić information content (AvgIpc) is 2.47. The summed E-state index contributed by atoms with van der Waals surface area (Å²) in [4.78, 5) is 0. The molecule has 0 saturated carbocycles. The minimum atomic E-state index is 0.105. The average molecular weight is 313 g/mol. The van der Waals surface area contributed by atoms with Gasteiger partial charge in [-0.15, -0.1) is 6.58 Å². The molecule has 0 radical (unpaired) electrons. The van der Waals surface area contributed by atoms with E-state index in [2.05, 4.69) is 48.1 Å². The maximum absolute atomic E-state index is 5.69. The molecule has 0 fully saturated rings. The Bertz CT molecular complexity index is 244. The first-order valence-corrected chi connectivity index (χ1v) is 9.46. The lowest BCUT2D eigenvalue weighted by atomic mass is 9.80. The van der Waals surface area contributed by atoms with Crippen molar-refractivity contribution >= 4 is 0 Å². The van der Waals surface area contributed by atoms with Crippen molar-refractivity contribution in [3.05, 3.63) is 12.7 Å². The van der Waals surface area contributed by atoms with Gasteiger partial charge in [-0.1, -0.05) is 72.8 Å². The molecule has 0 rings (SSSR count). The Labute approximate surface area is 141 Å². The van der Waals surface area contributed by atoms with Crippen LogP contribution in [0.4, 0.5) is 0 Å². The number of hydrogen-bond acceptors (Lipinski definition) is 1. The van der Waals surface area contributed by atoms with Crippen LogP contribution in [-0.4, -0.2) is 12.7 Å². The van der Waals surface area contributed by atoms with Crippen molar-refractivity contribution < 1.29 is 4.74 Å². The van der Waals surface area contributed by atoms with E-state index in [1.807, 2.05) is 13.2 Å². The Morgan fingerprint density at radius 3 is 1.77 bits per heavy atom. The summed E-state index contributed by atoms with van der Waals surface area (Å²) in [6, 6.07) is 0. The standard InChI is InChI=1S/C17H36O.C4H8/c1-7-9-10-13-16(3,4)14-11-15-17(5,18-6)12-8-2;1-3-4-2/h7-15H2,1-6H3;3H,1,4H2,2H3. The van der Waals surface area contributed by atoms with Gasteiger partial charge in [0, 0.05) is 7.11 Å². The summed E-state index contributed by atoms with van der Waals surface area (Å²) in [6.45, 7) is 17.2. The van der Waals surface area contributed by atoms with Crippen LogP contribution in [0.15, 0.2) is 12.7 Å². The zero-order valence-corrected chi connectivity index (χ0v) is 16.8. The molecular weight excluding hydrogens is 268 g/mol. The Balaban J connectivity index is 0. The first-order chi connectivity index (χ1) is 10.3. The van der Waals surface area contributed by atoms with Crippen molar-refractivity contribution in [1.82, 2.24) is 0 Å². The van der Waals surface area contributed by atoms with Crippen molar-refractivity contribution in [1.29, 1.82) is 0 Å². The fourth-order valence-corrected chi connectivity index (χ4v) is 2.78. The predicted octanol–water partition coefficient (Wildman–Crippen LogP) is 7.55. The van der Waals surface area contributed by atoms with Crippen molar-refractivity contribution in [2.75, 3.05) is 7.11 Å². The number of rotatable bonds is 12. The highest BCUT2D eigenvalue weighted by Crippen LogP contribution is 2.32. The van der Waals surface area contributed by atoms with E-state index in [9.17, 15) is 0 Å². The van der Waals surface area contributed by atoms with Crippen molar-refractivity contribution in [3.63, 3.8) is 0 Å². The van der Waals surface area contributed by atoms with E-state index >= 15 is 0 Å². The number of hydrogen-bond donors (Lipinski definition) is 0. The number of allylic oxidation sites excluding steroid dienone is 1. The number of unbranched alkanes of at least 4 members (excludes halogenated alkanes) is 2. The molecule has 0 heterocycles. The maximum Gasteiger partial charge on any atom is 0.0650 e. The molecule has 1 unspecified atom stereocenters. The van der Waals surface area contributed by atoms with Crippen LogP contribution in [0.25, 0.3) is 0 Å². The van der Waals surface area contributed by atoms with Gasteiger partial charge < -0.3 is 4.74 Å². The molecular formula is C21H44O. The minimum Gasteiger partial charge on any atom is -0.379 e. The summed E-state index contributed by atoms with van der Waals surface area (Å²) in [6.07, 6.45) is 14.7. The maximum atomic E-state index is 5.69. The molecule has 0 spiro atoms. The highest BCUT2D eigenvalue weighted by Gasteiger charge is 2.24. The van der Waals surface area contributed by atoms with E-state index in [1.165, 1.54) is 57.8 Å². The van der Waals surface area contributed by atoms with Crippen molar-refractivity contribution in [2.24, 2.45) is 5.41 Å². The lowest BCUT2D eigenvalue weighted by molar-refractivity contribution is -0.0124. The molecule has 1 atom stereocenters. The third-order valence-corrected chi connectivity index (χ3v) is 4.58. The number of methoxy groups -OCH3 is 1. The molecule has 1 nitrogen and oxygen atoms in total. The first-order valence-electron chi connectivity index (χ1n) is 9.46. The second-order valence-corrected chi connectivity index (χ2v) is 7.58. The van der Waals surface area contributed by atoms with Gasteiger partial charge in [0.2, 0.25) is 0 Å². The Hall–Kier alpha value is -0.300. The molecule has 0 aliphatic rings. The molecule has 0 aromatic heterocycles. The van der Waals surface area contributed by atoms with Crippen LogP contribution < -0.4 is 0 Å². The van der Waals surface area contributed by atoms with Crippen LogP contribution in [-0.2, 0) is 4.74 Å². The molecule has 1 heteroatoms. The van der Waals surface area contributed by atoms with Gasteiger partial charge in [-0.25, -0.2) is 0 Å². The van der Waals surface area contributed by atoms with E-state index in [-0.39, 0.29) is 5.60 Å². The molecule has 0 aromatic carbocycles. The quantitative estimate of drug-likeness (QED) is 0.267.